The van der Waals surface area contributed by atoms with Crippen LogP contribution in [0.25, 0.3) is 6.08 Å². The van der Waals surface area contributed by atoms with Gasteiger partial charge in [-0.1, -0.05) is 22.0 Å². The molecule has 0 fully saturated rings. The van der Waals surface area contributed by atoms with E-state index in [2.05, 4.69) is 26.8 Å². The van der Waals surface area contributed by atoms with Gasteiger partial charge in [-0.05, 0) is 48.0 Å². The van der Waals surface area contributed by atoms with Crippen molar-refractivity contribution >= 4 is 33.8 Å². The van der Waals surface area contributed by atoms with E-state index >= 15 is 0 Å². The summed E-state index contributed by atoms with van der Waals surface area (Å²) < 4.78 is 11.3. The number of nitriles is 1. The average molecular weight is 430 g/mol. The zero-order valence-corrected chi connectivity index (χ0v) is 15.9. The van der Waals surface area contributed by atoms with Crippen molar-refractivity contribution in [2.75, 3.05) is 13.7 Å². The molecule has 0 saturated carbocycles. The number of hydrogen-bond acceptors (Lipinski definition) is 5. The fourth-order valence-electron chi connectivity index (χ4n) is 2.02. The van der Waals surface area contributed by atoms with Crippen LogP contribution >= 0.6 is 15.9 Å². The topological polar surface area (TPSA) is 100 Å². The van der Waals surface area contributed by atoms with Gasteiger partial charge >= 0.3 is 0 Å². The molecular weight excluding hydrogens is 414 g/mol. The Hall–Kier alpha value is -3.31. The summed E-state index contributed by atoms with van der Waals surface area (Å²) in [6.07, 6.45) is 2.82. The van der Waals surface area contributed by atoms with E-state index < -0.39 is 11.8 Å². The number of halogens is 1. The molecule has 0 spiro atoms. The summed E-state index contributed by atoms with van der Waals surface area (Å²) in [7, 11) is 1.48. The van der Waals surface area contributed by atoms with E-state index in [-0.39, 0.29) is 6.61 Å². The number of nitrogens with zero attached hydrogens (tertiary/aromatic N) is 1. The Morgan fingerprint density at radius 1 is 1.15 bits per heavy atom. The van der Waals surface area contributed by atoms with Crippen LogP contribution < -0.4 is 20.3 Å². The number of benzene rings is 2. The minimum Gasteiger partial charge on any atom is -0.493 e. The third kappa shape index (κ3) is 6.17. The summed E-state index contributed by atoms with van der Waals surface area (Å²) in [5, 5.41) is 8.56. The highest BCUT2D eigenvalue weighted by Crippen LogP contribution is 2.28. The second kappa shape index (κ2) is 9.99. The SMILES string of the molecule is COc1cc(C=CC(=O)NNC(=O)c2ccc(Br)cc2)ccc1OCC#N. The van der Waals surface area contributed by atoms with Crippen molar-refractivity contribution in [1.82, 2.24) is 10.9 Å². The molecule has 7 nitrogen and oxygen atoms in total. The Morgan fingerprint density at radius 2 is 1.89 bits per heavy atom. The predicted octanol–water partition coefficient (Wildman–Crippen LogP) is 2.83. The lowest BCUT2D eigenvalue weighted by Crippen LogP contribution is -2.40. The molecule has 0 unspecified atom stereocenters. The smallest absolute Gasteiger partial charge is 0.269 e. The Morgan fingerprint density at radius 3 is 2.56 bits per heavy atom. The standard InChI is InChI=1S/C19H16BrN3O4/c1-26-17-12-13(2-8-16(17)27-11-10-21)3-9-18(24)22-23-19(25)14-4-6-15(20)7-5-14/h2-9,12H,11H2,1H3,(H,22,24)(H,23,25). The van der Waals surface area contributed by atoms with Gasteiger partial charge in [0.2, 0.25) is 0 Å². The summed E-state index contributed by atoms with van der Waals surface area (Å²) in [5.74, 6) is -0.0482. The van der Waals surface area contributed by atoms with E-state index in [0.717, 1.165) is 4.47 Å². The van der Waals surface area contributed by atoms with Crippen LogP contribution in [0.3, 0.4) is 0 Å². The van der Waals surface area contributed by atoms with Gasteiger partial charge in [0.15, 0.2) is 18.1 Å². The number of carbonyl (C=O) groups is 2. The molecule has 8 heteroatoms. The number of amides is 2. The van der Waals surface area contributed by atoms with Crippen molar-refractivity contribution in [3.63, 3.8) is 0 Å². The molecule has 0 radical (unpaired) electrons. The molecule has 0 aliphatic rings. The van der Waals surface area contributed by atoms with Gasteiger partial charge < -0.3 is 9.47 Å². The van der Waals surface area contributed by atoms with Gasteiger partial charge in [0.05, 0.1) is 7.11 Å². The van der Waals surface area contributed by atoms with E-state index in [0.29, 0.717) is 22.6 Å². The van der Waals surface area contributed by atoms with Crippen molar-refractivity contribution in [1.29, 1.82) is 5.26 Å². The number of hydrazine groups is 1. The minimum absolute atomic E-state index is 0.0913. The summed E-state index contributed by atoms with van der Waals surface area (Å²) in [4.78, 5) is 23.8. The van der Waals surface area contributed by atoms with Gasteiger partial charge in [-0.15, -0.1) is 0 Å². The molecule has 138 valence electrons. The Kier molecular flexibility index (Phi) is 7.40. The van der Waals surface area contributed by atoms with Gasteiger partial charge in [-0.2, -0.15) is 5.26 Å². The van der Waals surface area contributed by atoms with Crippen LogP contribution in [0.5, 0.6) is 11.5 Å². The first kappa shape index (κ1) is 20.0. The van der Waals surface area contributed by atoms with Crippen LogP contribution in [-0.4, -0.2) is 25.5 Å². The van der Waals surface area contributed by atoms with E-state index in [1.165, 1.54) is 13.2 Å². The van der Waals surface area contributed by atoms with Gasteiger partial charge in [0, 0.05) is 16.1 Å². The first-order valence-electron chi connectivity index (χ1n) is 7.75. The number of nitrogens with one attached hydrogen (secondary N) is 2. The molecule has 2 aromatic carbocycles. The lowest BCUT2D eigenvalue weighted by Gasteiger charge is -2.09. The maximum absolute atomic E-state index is 11.9. The molecule has 0 aliphatic carbocycles. The second-order valence-corrected chi connectivity index (χ2v) is 6.06. The average Bonchev–Trinajstić information content (AvgIpc) is 2.69. The molecule has 0 aliphatic heterocycles. The summed E-state index contributed by atoms with van der Waals surface area (Å²) >= 11 is 3.28. The molecule has 0 saturated heterocycles. The highest BCUT2D eigenvalue weighted by Gasteiger charge is 2.07. The lowest BCUT2D eigenvalue weighted by atomic mass is 10.2. The summed E-state index contributed by atoms with van der Waals surface area (Å²) in [6, 6.07) is 13.6. The molecule has 0 atom stereocenters. The molecule has 2 amide bonds. The lowest BCUT2D eigenvalue weighted by molar-refractivity contribution is -0.117. The Bertz CT molecular complexity index is 889. The van der Waals surface area contributed by atoms with Crippen LogP contribution in [0.1, 0.15) is 15.9 Å². The molecule has 0 aromatic heterocycles. The maximum Gasteiger partial charge on any atom is 0.269 e. The summed E-state index contributed by atoms with van der Waals surface area (Å²) in [5.41, 5.74) is 5.74. The highest BCUT2D eigenvalue weighted by molar-refractivity contribution is 9.10. The largest absolute Gasteiger partial charge is 0.493 e. The number of methoxy groups -OCH3 is 1. The molecule has 27 heavy (non-hydrogen) atoms. The highest BCUT2D eigenvalue weighted by atomic mass is 79.9. The molecular formula is C19H16BrN3O4. The fraction of sp³-hybridized carbons (Fsp3) is 0.105. The van der Waals surface area contributed by atoms with E-state index in [1.54, 1.807) is 48.5 Å². The number of rotatable bonds is 6. The Balaban J connectivity index is 1.93. The predicted molar refractivity (Wildman–Crippen MR) is 103 cm³/mol. The van der Waals surface area contributed by atoms with Crippen LogP contribution in [0.2, 0.25) is 0 Å². The first-order chi connectivity index (χ1) is 13.0. The third-order valence-corrected chi connectivity index (χ3v) is 3.84. The van der Waals surface area contributed by atoms with Crippen LogP contribution in [0.15, 0.2) is 53.0 Å². The first-order valence-corrected chi connectivity index (χ1v) is 8.54. The Labute approximate surface area is 164 Å². The van der Waals surface area contributed by atoms with E-state index in [9.17, 15) is 9.59 Å². The van der Waals surface area contributed by atoms with Crippen molar-refractivity contribution in [3.05, 3.63) is 64.1 Å². The minimum atomic E-state index is -0.496. The quantitative estimate of drug-likeness (QED) is 0.542. The van der Waals surface area contributed by atoms with Crippen LogP contribution in [-0.2, 0) is 4.79 Å². The monoisotopic (exact) mass is 429 g/mol. The van der Waals surface area contributed by atoms with Gasteiger partial charge in [0.1, 0.15) is 6.07 Å². The molecule has 0 bridgehead atoms. The van der Waals surface area contributed by atoms with Gasteiger partial charge in [-0.25, -0.2) is 0 Å². The number of ether oxygens (including phenoxy) is 2. The van der Waals surface area contributed by atoms with Crippen LogP contribution in [0.4, 0.5) is 0 Å². The maximum atomic E-state index is 11.9. The number of carbonyl (C=O) groups excluding carboxylic acids is 2. The van der Waals surface area contributed by atoms with Crippen molar-refractivity contribution in [2.24, 2.45) is 0 Å². The fourth-order valence-corrected chi connectivity index (χ4v) is 2.29. The van der Waals surface area contributed by atoms with Crippen molar-refractivity contribution < 1.29 is 19.1 Å². The molecule has 2 N–H and O–H groups in total. The summed E-state index contributed by atoms with van der Waals surface area (Å²) in [6.45, 7) is -0.0913. The van der Waals surface area contributed by atoms with E-state index in [4.69, 9.17) is 14.7 Å². The van der Waals surface area contributed by atoms with E-state index in [1.807, 2.05) is 6.07 Å². The molecule has 0 heterocycles. The van der Waals surface area contributed by atoms with Crippen molar-refractivity contribution in [2.45, 2.75) is 0 Å². The van der Waals surface area contributed by atoms with Crippen molar-refractivity contribution in [3.8, 4) is 17.6 Å². The zero-order chi connectivity index (χ0) is 19.6. The third-order valence-electron chi connectivity index (χ3n) is 3.31. The van der Waals surface area contributed by atoms with Gasteiger partial charge in [-0.3, -0.25) is 20.4 Å². The van der Waals surface area contributed by atoms with Crippen LogP contribution in [0, 0.1) is 11.3 Å². The van der Waals surface area contributed by atoms with Gasteiger partial charge in [0.25, 0.3) is 11.8 Å². The molecule has 2 rings (SSSR count). The number of hydrogen-bond donors (Lipinski definition) is 2. The zero-order valence-electron chi connectivity index (χ0n) is 14.4. The normalized spacial score (nSPS) is 10.1. The molecule has 2 aromatic rings. The second-order valence-electron chi connectivity index (χ2n) is 5.14.